The minimum atomic E-state index is 0.0715. The minimum absolute atomic E-state index is 0.0715. The van der Waals surface area contributed by atoms with Crippen molar-refractivity contribution in [2.75, 3.05) is 38.2 Å². The third-order valence-corrected chi connectivity index (χ3v) is 4.56. The number of nitrogens with zero attached hydrogens (tertiary/aromatic N) is 2. The van der Waals surface area contributed by atoms with E-state index in [9.17, 15) is 4.79 Å². The molecule has 2 heterocycles. The fourth-order valence-corrected chi connectivity index (χ4v) is 3.28. The Balaban J connectivity index is 1.51. The first kappa shape index (κ1) is 16.8. The van der Waals surface area contributed by atoms with Crippen LogP contribution in [-0.4, -0.2) is 51.3 Å². The first-order valence-electron chi connectivity index (χ1n) is 8.72. The predicted molar refractivity (Wildman–Crippen MR) is 95.5 cm³/mol. The summed E-state index contributed by atoms with van der Waals surface area (Å²) in [5.41, 5.74) is 2.29. The zero-order valence-corrected chi connectivity index (χ0v) is 14.3. The summed E-state index contributed by atoms with van der Waals surface area (Å²) in [4.78, 5) is 18.7. The second kappa shape index (κ2) is 8.15. The number of hydrogen-bond donors (Lipinski definition) is 2. The van der Waals surface area contributed by atoms with Gasteiger partial charge in [-0.05, 0) is 37.3 Å². The lowest BCUT2D eigenvalue weighted by Gasteiger charge is -2.29. The summed E-state index contributed by atoms with van der Waals surface area (Å²) in [6.45, 7) is 2.57. The number of fused-ring (bicyclic) bond motifs is 1. The van der Waals surface area contributed by atoms with E-state index in [0.29, 0.717) is 5.96 Å². The van der Waals surface area contributed by atoms with Crippen molar-refractivity contribution in [3.63, 3.8) is 0 Å². The van der Waals surface area contributed by atoms with Gasteiger partial charge in [0.1, 0.15) is 0 Å². The molecule has 1 saturated heterocycles. The summed E-state index contributed by atoms with van der Waals surface area (Å²) < 4.78 is 5.59. The van der Waals surface area contributed by atoms with Crippen LogP contribution in [0.5, 0.6) is 0 Å². The zero-order chi connectivity index (χ0) is 16.8. The standard InChI is InChI=1S/C18H26N4O2/c1-19-18(20-12-15-8-5-11-24-15)21-13-17(23)22-10-4-7-14-6-2-3-9-16(14)22/h2-3,6,9,15H,4-5,7-8,10-13H2,1H3,(H2,19,20,21). The maximum Gasteiger partial charge on any atom is 0.246 e. The molecule has 2 aliphatic heterocycles. The molecule has 0 bridgehead atoms. The van der Waals surface area contributed by atoms with E-state index in [1.54, 1.807) is 7.05 Å². The minimum Gasteiger partial charge on any atom is -0.376 e. The Morgan fingerprint density at radius 3 is 3.00 bits per heavy atom. The quantitative estimate of drug-likeness (QED) is 0.645. The number of amides is 1. The van der Waals surface area contributed by atoms with Crippen molar-refractivity contribution < 1.29 is 9.53 Å². The van der Waals surface area contributed by atoms with E-state index in [1.165, 1.54) is 5.56 Å². The van der Waals surface area contributed by atoms with Gasteiger partial charge in [-0.2, -0.15) is 0 Å². The number of anilines is 1. The Morgan fingerprint density at radius 1 is 1.33 bits per heavy atom. The summed E-state index contributed by atoms with van der Waals surface area (Å²) in [6, 6.07) is 8.14. The van der Waals surface area contributed by atoms with Gasteiger partial charge in [0.05, 0.1) is 12.6 Å². The van der Waals surface area contributed by atoms with Crippen molar-refractivity contribution in [3.05, 3.63) is 29.8 Å². The molecule has 0 spiro atoms. The van der Waals surface area contributed by atoms with Crippen LogP contribution < -0.4 is 15.5 Å². The number of ether oxygens (including phenoxy) is 1. The molecule has 3 rings (SSSR count). The van der Waals surface area contributed by atoms with E-state index >= 15 is 0 Å². The molecule has 1 unspecified atom stereocenters. The Labute approximate surface area is 143 Å². The summed E-state index contributed by atoms with van der Waals surface area (Å²) in [7, 11) is 1.71. The number of benzene rings is 1. The molecule has 1 fully saturated rings. The Morgan fingerprint density at radius 2 is 2.21 bits per heavy atom. The third kappa shape index (κ3) is 4.06. The van der Waals surface area contributed by atoms with Crippen LogP contribution in [0.4, 0.5) is 5.69 Å². The number of nitrogens with one attached hydrogen (secondary N) is 2. The van der Waals surface area contributed by atoms with Crippen LogP contribution in [0.15, 0.2) is 29.3 Å². The van der Waals surface area contributed by atoms with Gasteiger partial charge in [-0.15, -0.1) is 0 Å². The van der Waals surface area contributed by atoms with Gasteiger partial charge in [0.2, 0.25) is 5.91 Å². The second-order valence-corrected chi connectivity index (χ2v) is 6.22. The Bertz CT molecular complexity index is 596. The molecular weight excluding hydrogens is 304 g/mol. The number of rotatable bonds is 4. The number of carbonyl (C=O) groups excluding carboxylic acids is 1. The number of aliphatic imine (C=N–C) groups is 1. The van der Waals surface area contributed by atoms with Crippen LogP contribution in [0.25, 0.3) is 0 Å². The number of hydrogen-bond acceptors (Lipinski definition) is 3. The SMILES string of the molecule is CN=C(NCC(=O)N1CCCc2ccccc21)NCC1CCCO1. The monoisotopic (exact) mass is 330 g/mol. The van der Waals surface area contributed by atoms with Gasteiger partial charge in [0.15, 0.2) is 5.96 Å². The zero-order valence-electron chi connectivity index (χ0n) is 14.3. The average Bonchev–Trinajstić information content (AvgIpc) is 3.14. The van der Waals surface area contributed by atoms with E-state index in [4.69, 9.17) is 4.74 Å². The summed E-state index contributed by atoms with van der Waals surface area (Å²) in [5, 5.41) is 6.35. The molecule has 24 heavy (non-hydrogen) atoms. The number of para-hydroxylation sites is 1. The van der Waals surface area contributed by atoms with Gasteiger partial charge in [-0.1, -0.05) is 18.2 Å². The highest BCUT2D eigenvalue weighted by Crippen LogP contribution is 2.26. The fraction of sp³-hybridized carbons (Fsp3) is 0.556. The Hall–Kier alpha value is -2.08. The molecule has 2 aliphatic rings. The number of carbonyl (C=O) groups is 1. The lowest BCUT2D eigenvalue weighted by molar-refractivity contribution is -0.117. The molecule has 0 saturated carbocycles. The van der Waals surface area contributed by atoms with Crippen molar-refractivity contribution in [2.45, 2.75) is 31.8 Å². The maximum absolute atomic E-state index is 12.6. The molecule has 6 heteroatoms. The van der Waals surface area contributed by atoms with Crippen molar-refractivity contribution in [3.8, 4) is 0 Å². The first-order chi connectivity index (χ1) is 11.8. The van der Waals surface area contributed by atoms with Crippen molar-refractivity contribution in [1.82, 2.24) is 10.6 Å². The third-order valence-electron chi connectivity index (χ3n) is 4.56. The summed E-state index contributed by atoms with van der Waals surface area (Å²) in [5.74, 6) is 0.714. The largest absolute Gasteiger partial charge is 0.376 e. The Kier molecular flexibility index (Phi) is 5.69. The first-order valence-corrected chi connectivity index (χ1v) is 8.72. The van der Waals surface area contributed by atoms with Crippen LogP contribution in [0, 0.1) is 0 Å². The molecule has 1 atom stereocenters. The van der Waals surface area contributed by atoms with Crippen LogP contribution >= 0.6 is 0 Å². The van der Waals surface area contributed by atoms with E-state index in [1.807, 2.05) is 23.1 Å². The van der Waals surface area contributed by atoms with Gasteiger partial charge in [0.25, 0.3) is 0 Å². The molecule has 0 aliphatic carbocycles. The lowest BCUT2D eigenvalue weighted by atomic mass is 10.0. The van der Waals surface area contributed by atoms with Gasteiger partial charge >= 0.3 is 0 Å². The van der Waals surface area contributed by atoms with Crippen molar-refractivity contribution in [2.24, 2.45) is 4.99 Å². The van der Waals surface area contributed by atoms with Crippen molar-refractivity contribution >= 4 is 17.6 Å². The van der Waals surface area contributed by atoms with Crippen molar-refractivity contribution in [1.29, 1.82) is 0 Å². The number of guanidine groups is 1. The average molecular weight is 330 g/mol. The molecule has 1 amide bonds. The molecule has 1 aromatic rings. The fourth-order valence-electron chi connectivity index (χ4n) is 3.28. The smallest absolute Gasteiger partial charge is 0.246 e. The van der Waals surface area contributed by atoms with E-state index in [2.05, 4.69) is 21.7 Å². The van der Waals surface area contributed by atoms with Gasteiger partial charge in [0, 0.05) is 32.4 Å². The summed E-state index contributed by atoms with van der Waals surface area (Å²) in [6.07, 6.45) is 4.49. The van der Waals surface area contributed by atoms with Crippen LogP contribution in [0.1, 0.15) is 24.8 Å². The lowest BCUT2D eigenvalue weighted by Crippen LogP contribution is -2.47. The van der Waals surface area contributed by atoms with Crippen LogP contribution in [0.3, 0.4) is 0 Å². The molecule has 130 valence electrons. The predicted octanol–water partition coefficient (Wildman–Crippen LogP) is 1.31. The highest BCUT2D eigenvalue weighted by Gasteiger charge is 2.22. The van der Waals surface area contributed by atoms with Crippen LogP contribution in [0.2, 0.25) is 0 Å². The maximum atomic E-state index is 12.6. The van der Waals surface area contributed by atoms with Gasteiger partial charge in [-0.25, -0.2) is 0 Å². The van der Waals surface area contributed by atoms with E-state index in [-0.39, 0.29) is 18.6 Å². The molecule has 1 aromatic carbocycles. The normalized spacial score (nSPS) is 20.6. The summed E-state index contributed by atoms with van der Waals surface area (Å²) >= 11 is 0. The molecule has 2 N–H and O–H groups in total. The number of aryl methyl sites for hydroxylation is 1. The highest BCUT2D eigenvalue weighted by molar-refractivity contribution is 5.98. The molecule has 6 nitrogen and oxygen atoms in total. The topological polar surface area (TPSA) is 66.0 Å². The highest BCUT2D eigenvalue weighted by atomic mass is 16.5. The van der Waals surface area contributed by atoms with Crippen LogP contribution in [-0.2, 0) is 16.0 Å². The second-order valence-electron chi connectivity index (χ2n) is 6.22. The van der Waals surface area contributed by atoms with Gasteiger partial charge in [-0.3, -0.25) is 9.79 Å². The molecule has 0 radical (unpaired) electrons. The van der Waals surface area contributed by atoms with E-state index < -0.39 is 0 Å². The van der Waals surface area contributed by atoms with E-state index in [0.717, 1.165) is 51.1 Å². The van der Waals surface area contributed by atoms with Gasteiger partial charge < -0.3 is 20.3 Å². The molecule has 0 aromatic heterocycles. The molecular formula is C18H26N4O2.